The molecule has 0 saturated heterocycles. The van der Waals surface area contributed by atoms with E-state index in [0.29, 0.717) is 0 Å². The average Bonchev–Trinajstić information content (AvgIpc) is 2.54. The molecule has 0 radical (unpaired) electrons. The molecule has 0 amide bonds. The summed E-state index contributed by atoms with van der Waals surface area (Å²) in [6.45, 7) is 4.14. The summed E-state index contributed by atoms with van der Waals surface area (Å²) < 4.78 is 7.85. The van der Waals surface area contributed by atoms with Gasteiger partial charge in [0, 0.05) is 12.6 Å². The van der Waals surface area contributed by atoms with Gasteiger partial charge in [-0.05, 0) is 26.0 Å². The van der Waals surface area contributed by atoms with Crippen molar-refractivity contribution in [3.63, 3.8) is 0 Å². The third kappa shape index (κ3) is 1.43. The van der Waals surface area contributed by atoms with Crippen LogP contribution >= 0.6 is 11.6 Å². The van der Waals surface area contributed by atoms with Gasteiger partial charge >= 0.3 is 0 Å². The highest BCUT2D eigenvalue weighted by molar-refractivity contribution is 6.30. The molecule has 2 aromatic rings. The van der Waals surface area contributed by atoms with E-state index in [1.165, 1.54) is 0 Å². The molecular weight excluding hydrogens is 224 g/mol. The molecule has 16 heavy (non-hydrogen) atoms. The van der Waals surface area contributed by atoms with Gasteiger partial charge in [0.2, 0.25) is 0 Å². The van der Waals surface area contributed by atoms with Gasteiger partial charge in [-0.25, -0.2) is 4.98 Å². The van der Waals surface area contributed by atoms with E-state index in [1.54, 1.807) is 0 Å². The molecule has 1 aliphatic heterocycles. The van der Waals surface area contributed by atoms with Crippen LogP contribution in [0, 0.1) is 0 Å². The van der Waals surface area contributed by atoms with E-state index in [0.717, 1.165) is 28.5 Å². The predicted molar refractivity (Wildman–Crippen MR) is 62.9 cm³/mol. The van der Waals surface area contributed by atoms with E-state index in [2.05, 4.69) is 18.8 Å². The number of ether oxygens (including phenoxy) is 1. The third-order valence-corrected chi connectivity index (χ3v) is 3.22. The highest BCUT2D eigenvalue weighted by Crippen LogP contribution is 2.30. The molecule has 1 aliphatic rings. The molecule has 4 heteroatoms. The van der Waals surface area contributed by atoms with Gasteiger partial charge in [-0.1, -0.05) is 11.6 Å². The lowest BCUT2D eigenvalue weighted by atomic mass is 10.1. The van der Waals surface area contributed by atoms with Gasteiger partial charge < -0.3 is 4.74 Å². The molecule has 0 bridgehead atoms. The predicted octanol–water partition coefficient (Wildman–Crippen LogP) is 3.01. The van der Waals surface area contributed by atoms with Gasteiger partial charge in [0.05, 0.1) is 28.6 Å². The third-order valence-electron chi connectivity index (χ3n) is 3.00. The van der Waals surface area contributed by atoms with Crippen LogP contribution in [0.25, 0.3) is 5.65 Å². The summed E-state index contributed by atoms with van der Waals surface area (Å²) in [4.78, 5) is 4.62. The molecule has 0 saturated carbocycles. The maximum atomic E-state index is 6.01. The zero-order valence-corrected chi connectivity index (χ0v) is 10.0. The number of hydrogen-bond donors (Lipinski definition) is 0. The second-order valence-electron chi connectivity index (χ2n) is 4.31. The quantitative estimate of drug-likeness (QED) is 0.703. The van der Waals surface area contributed by atoms with E-state index in [9.17, 15) is 0 Å². The van der Waals surface area contributed by atoms with Gasteiger partial charge in [0.1, 0.15) is 5.65 Å². The van der Waals surface area contributed by atoms with Crippen molar-refractivity contribution in [1.29, 1.82) is 0 Å². The number of rotatable bonds is 0. The van der Waals surface area contributed by atoms with E-state index in [4.69, 9.17) is 16.3 Å². The van der Waals surface area contributed by atoms with Gasteiger partial charge in [-0.15, -0.1) is 0 Å². The minimum atomic E-state index is 0.0761. The summed E-state index contributed by atoms with van der Waals surface area (Å²) in [5.41, 5.74) is 3.21. The molecule has 2 unspecified atom stereocenters. The number of halogens is 1. The first-order chi connectivity index (χ1) is 7.65. The summed E-state index contributed by atoms with van der Waals surface area (Å²) in [7, 11) is 0. The number of aromatic nitrogens is 2. The largest absolute Gasteiger partial charge is 0.369 e. The normalized spacial score (nSPS) is 24.7. The molecule has 84 valence electrons. The lowest BCUT2D eigenvalue weighted by Gasteiger charge is -2.25. The fraction of sp³-hybridized carbons (Fsp3) is 0.417. The summed E-state index contributed by atoms with van der Waals surface area (Å²) in [6.07, 6.45) is 3.09. The Morgan fingerprint density at radius 3 is 3.06 bits per heavy atom. The molecule has 3 heterocycles. The molecule has 0 N–H and O–H groups in total. The Balaban J connectivity index is 2.27. The Labute approximate surface area is 99.0 Å². The summed E-state index contributed by atoms with van der Waals surface area (Å²) in [5, 5.41) is 0.721. The summed E-state index contributed by atoms with van der Waals surface area (Å²) in [5.74, 6) is 0. The zero-order valence-electron chi connectivity index (χ0n) is 9.27. The van der Waals surface area contributed by atoms with Gasteiger partial charge in [-0.3, -0.25) is 4.40 Å². The molecule has 0 aromatic carbocycles. The second kappa shape index (κ2) is 3.47. The minimum Gasteiger partial charge on any atom is -0.369 e. The topological polar surface area (TPSA) is 26.5 Å². The van der Waals surface area contributed by atoms with Crippen LogP contribution in [0.2, 0.25) is 5.02 Å². The van der Waals surface area contributed by atoms with Gasteiger partial charge in [-0.2, -0.15) is 0 Å². The fourth-order valence-electron chi connectivity index (χ4n) is 2.40. The smallest absolute Gasteiger partial charge is 0.137 e. The van der Waals surface area contributed by atoms with Crippen LogP contribution in [-0.2, 0) is 11.2 Å². The maximum absolute atomic E-state index is 6.01. The second-order valence-corrected chi connectivity index (χ2v) is 4.75. The number of pyridine rings is 1. The van der Waals surface area contributed by atoms with E-state index < -0.39 is 0 Å². The number of fused-ring (bicyclic) bond motifs is 3. The van der Waals surface area contributed by atoms with Crippen LogP contribution in [0.5, 0.6) is 0 Å². The Morgan fingerprint density at radius 2 is 2.25 bits per heavy atom. The summed E-state index contributed by atoms with van der Waals surface area (Å²) in [6, 6.07) is 3.81. The first-order valence-electron chi connectivity index (χ1n) is 5.47. The molecule has 3 nitrogen and oxygen atoms in total. The number of nitrogens with zero attached hydrogens (tertiary/aromatic N) is 2. The van der Waals surface area contributed by atoms with Crippen molar-refractivity contribution in [1.82, 2.24) is 9.38 Å². The standard InChI is InChI=1S/C12H13ClN2O/c1-7-5-10-12(8(2)16-7)15-6-9(13)3-4-11(15)14-10/h3-4,6-8H,5H2,1-2H3. The SMILES string of the molecule is CC1Cc2nc3ccc(Cl)cn3c2C(C)O1. The van der Waals surface area contributed by atoms with Crippen molar-refractivity contribution in [2.24, 2.45) is 0 Å². The van der Waals surface area contributed by atoms with E-state index >= 15 is 0 Å². The van der Waals surface area contributed by atoms with Crippen LogP contribution < -0.4 is 0 Å². The maximum Gasteiger partial charge on any atom is 0.137 e. The molecule has 2 aromatic heterocycles. The number of hydrogen-bond acceptors (Lipinski definition) is 2. The van der Waals surface area contributed by atoms with Gasteiger partial charge in [0.25, 0.3) is 0 Å². The molecule has 0 fully saturated rings. The van der Waals surface area contributed by atoms with Crippen LogP contribution in [0.3, 0.4) is 0 Å². The highest BCUT2D eigenvalue weighted by Gasteiger charge is 2.26. The first kappa shape index (κ1) is 10.1. The Hall–Kier alpha value is -1.06. The first-order valence-corrected chi connectivity index (χ1v) is 5.85. The molecule has 3 rings (SSSR count). The van der Waals surface area contributed by atoms with Crippen molar-refractivity contribution in [2.45, 2.75) is 32.5 Å². The minimum absolute atomic E-state index is 0.0761. The molecule has 0 spiro atoms. The van der Waals surface area contributed by atoms with Gasteiger partial charge in [0.15, 0.2) is 0 Å². The lowest BCUT2D eigenvalue weighted by Crippen LogP contribution is -2.22. The Bertz CT molecular complexity index is 549. The average molecular weight is 237 g/mol. The van der Waals surface area contributed by atoms with Crippen molar-refractivity contribution in [3.8, 4) is 0 Å². The monoisotopic (exact) mass is 236 g/mol. The lowest BCUT2D eigenvalue weighted by molar-refractivity contribution is -0.00832. The van der Waals surface area contributed by atoms with Crippen LogP contribution in [0.1, 0.15) is 31.3 Å². The Morgan fingerprint density at radius 1 is 1.44 bits per heavy atom. The van der Waals surface area contributed by atoms with Crippen molar-refractivity contribution in [2.75, 3.05) is 0 Å². The van der Waals surface area contributed by atoms with Crippen molar-refractivity contribution >= 4 is 17.2 Å². The zero-order chi connectivity index (χ0) is 11.3. The summed E-state index contributed by atoms with van der Waals surface area (Å²) >= 11 is 6.01. The highest BCUT2D eigenvalue weighted by atomic mass is 35.5. The van der Waals surface area contributed by atoms with E-state index in [1.807, 2.05) is 22.7 Å². The van der Waals surface area contributed by atoms with Crippen LogP contribution in [0.15, 0.2) is 18.3 Å². The number of imidazole rings is 1. The van der Waals surface area contributed by atoms with Crippen LogP contribution in [-0.4, -0.2) is 15.5 Å². The van der Waals surface area contributed by atoms with Crippen molar-refractivity contribution in [3.05, 3.63) is 34.7 Å². The molecular formula is C12H13ClN2O. The molecule has 0 aliphatic carbocycles. The van der Waals surface area contributed by atoms with Crippen molar-refractivity contribution < 1.29 is 4.74 Å². The van der Waals surface area contributed by atoms with E-state index in [-0.39, 0.29) is 12.2 Å². The molecule has 2 atom stereocenters. The fourth-order valence-corrected chi connectivity index (χ4v) is 2.56. The van der Waals surface area contributed by atoms with Crippen LogP contribution in [0.4, 0.5) is 0 Å². The Kier molecular flexibility index (Phi) is 2.19.